The summed E-state index contributed by atoms with van der Waals surface area (Å²) in [6.07, 6.45) is 9.10. The lowest BCUT2D eigenvalue weighted by molar-refractivity contribution is 0.287. The molecule has 0 saturated carbocycles. The predicted molar refractivity (Wildman–Crippen MR) is 76.0 cm³/mol. The fourth-order valence-electron chi connectivity index (χ4n) is 2.43. The second kappa shape index (κ2) is 5.00. The topological polar surface area (TPSA) is 53.1 Å². The maximum Gasteiger partial charge on any atom is 0.223 e. The number of fused-ring (bicyclic) bond motifs is 1. The molecule has 0 fully saturated rings. The van der Waals surface area contributed by atoms with Gasteiger partial charge in [0.25, 0.3) is 0 Å². The Morgan fingerprint density at radius 3 is 2.90 bits per heavy atom. The number of ether oxygens (including phenoxy) is 1. The predicted octanol–water partition coefficient (Wildman–Crippen LogP) is 1.36. The molecule has 2 aromatic rings. The van der Waals surface area contributed by atoms with E-state index in [1.54, 1.807) is 14.0 Å². The summed E-state index contributed by atoms with van der Waals surface area (Å²) in [4.78, 5) is 4.33. The standard InChI is InChI=1S/C15H17N3O2/c1-4-18-9-13(15-16-10(2)20-17-15)12-7-5-11(19-3)6-8-14(12)18/h5,7-9H,4,6H2,1-3H3. The van der Waals surface area contributed by atoms with Crippen molar-refractivity contribution in [2.75, 3.05) is 7.11 Å². The van der Waals surface area contributed by atoms with Gasteiger partial charge in [-0.05, 0) is 19.1 Å². The number of nitrogens with zero attached hydrogens (tertiary/aromatic N) is 3. The Kier molecular flexibility index (Phi) is 3.18. The molecule has 5 heteroatoms. The van der Waals surface area contributed by atoms with Crippen LogP contribution in [0.15, 0.2) is 22.6 Å². The maximum absolute atomic E-state index is 5.33. The molecule has 0 amide bonds. The summed E-state index contributed by atoms with van der Waals surface area (Å²) in [5, 5.41) is 6.31. The summed E-state index contributed by atoms with van der Waals surface area (Å²) in [5.41, 5.74) is 0.989. The van der Waals surface area contributed by atoms with Crippen molar-refractivity contribution < 1.29 is 9.26 Å². The molecule has 1 aliphatic rings. The third kappa shape index (κ3) is 2.05. The molecule has 0 N–H and O–H groups in total. The Labute approximate surface area is 116 Å². The molecule has 5 nitrogen and oxygen atoms in total. The highest BCUT2D eigenvalue weighted by atomic mass is 16.5. The first-order valence-corrected chi connectivity index (χ1v) is 6.67. The van der Waals surface area contributed by atoms with Gasteiger partial charge in [-0.1, -0.05) is 11.2 Å². The Hall–Kier alpha value is -2.30. The minimum atomic E-state index is 0.573. The van der Waals surface area contributed by atoms with Crippen molar-refractivity contribution in [3.05, 3.63) is 34.5 Å². The largest absolute Gasteiger partial charge is 0.501 e. The van der Waals surface area contributed by atoms with Crippen molar-refractivity contribution in [1.82, 2.24) is 14.7 Å². The SMILES string of the molecule is CCn1cc(-c2noc(C)n2)c2c1=CCC(OC)=CC=2. The van der Waals surface area contributed by atoms with E-state index in [1.807, 2.05) is 6.08 Å². The van der Waals surface area contributed by atoms with Crippen LogP contribution in [-0.4, -0.2) is 21.8 Å². The van der Waals surface area contributed by atoms with E-state index in [0.717, 1.165) is 29.5 Å². The Morgan fingerprint density at radius 2 is 2.25 bits per heavy atom. The first-order valence-electron chi connectivity index (χ1n) is 6.67. The van der Waals surface area contributed by atoms with Gasteiger partial charge in [0, 0.05) is 42.2 Å². The molecule has 0 saturated heterocycles. The Bertz CT molecular complexity index is 781. The summed E-state index contributed by atoms with van der Waals surface area (Å²) < 4.78 is 12.6. The van der Waals surface area contributed by atoms with Gasteiger partial charge < -0.3 is 13.8 Å². The smallest absolute Gasteiger partial charge is 0.223 e. The molecule has 3 rings (SSSR count). The molecular formula is C15H17N3O2. The molecular weight excluding hydrogens is 254 g/mol. The van der Waals surface area contributed by atoms with Gasteiger partial charge in [-0.15, -0.1) is 0 Å². The fourth-order valence-corrected chi connectivity index (χ4v) is 2.43. The zero-order valence-corrected chi connectivity index (χ0v) is 11.9. The summed E-state index contributed by atoms with van der Waals surface area (Å²) in [5.74, 6) is 2.15. The highest BCUT2D eigenvalue weighted by Gasteiger charge is 2.13. The number of allylic oxidation sites excluding steroid dienone is 2. The molecule has 1 aliphatic carbocycles. The molecule has 0 aromatic carbocycles. The zero-order chi connectivity index (χ0) is 14.1. The third-order valence-electron chi connectivity index (χ3n) is 3.46. The molecule has 0 radical (unpaired) electrons. The van der Waals surface area contributed by atoms with Gasteiger partial charge in [0.2, 0.25) is 11.7 Å². The molecule has 0 aliphatic heterocycles. The van der Waals surface area contributed by atoms with E-state index in [-0.39, 0.29) is 0 Å². The van der Waals surface area contributed by atoms with E-state index in [9.17, 15) is 0 Å². The van der Waals surface area contributed by atoms with Crippen molar-refractivity contribution >= 4 is 12.2 Å². The van der Waals surface area contributed by atoms with Crippen LogP contribution < -0.4 is 10.6 Å². The number of aromatic nitrogens is 3. The van der Waals surface area contributed by atoms with Crippen LogP contribution in [-0.2, 0) is 11.3 Å². The van der Waals surface area contributed by atoms with E-state index < -0.39 is 0 Å². The summed E-state index contributed by atoms with van der Waals surface area (Å²) in [7, 11) is 1.70. The molecule has 0 spiro atoms. The Balaban J connectivity index is 2.26. The highest BCUT2D eigenvalue weighted by Crippen LogP contribution is 2.12. The summed E-state index contributed by atoms with van der Waals surface area (Å²) >= 11 is 0. The fraction of sp³-hybridized carbons (Fsp3) is 0.333. The number of methoxy groups -OCH3 is 1. The van der Waals surface area contributed by atoms with Crippen LogP contribution in [0.2, 0.25) is 0 Å². The maximum atomic E-state index is 5.33. The van der Waals surface area contributed by atoms with E-state index >= 15 is 0 Å². The van der Waals surface area contributed by atoms with Gasteiger partial charge in [-0.3, -0.25) is 0 Å². The normalized spacial score (nSPS) is 13.8. The first kappa shape index (κ1) is 12.7. The lowest BCUT2D eigenvalue weighted by Crippen LogP contribution is -2.28. The van der Waals surface area contributed by atoms with Gasteiger partial charge in [0.1, 0.15) is 0 Å². The average Bonchev–Trinajstić information content (AvgIpc) is 2.96. The van der Waals surface area contributed by atoms with E-state index in [0.29, 0.717) is 11.7 Å². The van der Waals surface area contributed by atoms with Gasteiger partial charge in [-0.2, -0.15) is 4.98 Å². The van der Waals surface area contributed by atoms with Crippen LogP contribution in [0, 0.1) is 6.92 Å². The lowest BCUT2D eigenvalue weighted by Gasteiger charge is -2.00. The van der Waals surface area contributed by atoms with Crippen LogP contribution in [0.3, 0.4) is 0 Å². The third-order valence-corrected chi connectivity index (χ3v) is 3.46. The number of aryl methyl sites for hydroxylation is 2. The van der Waals surface area contributed by atoms with E-state index in [2.05, 4.69) is 40.0 Å². The first-order chi connectivity index (χ1) is 9.72. The molecule has 0 bridgehead atoms. The highest BCUT2D eigenvalue weighted by molar-refractivity contribution is 5.61. The monoisotopic (exact) mass is 271 g/mol. The van der Waals surface area contributed by atoms with Crippen LogP contribution in [0.1, 0.15) is 19.2 Å². The number of hydrogen-bond acceptors (Lipinski definition) is 4. The van der Waals surface area contributed by atoms with Crippen molar-refractivity contribution in [3.8, 4) is 11.4 Å². The average molecular weight is 271 g/mol. The lowest BCUT2D eigenvalue weighted by atomic mass is 10.2. The van der Waals surface area contributed by atoms with Crippen molar-refractivity contribution in [3.63, 3.8) is 0 Å². The van der Waals surface area contributed by atoms with Crippen LogP contribution in [0.25, 0.3) is 23.5 Å². The second-order valence-corrected chi connectivity index (χ2v) is 4.68. The molecule has 104 valence electrons. The minimum Gasteiger partial charge on any atom is -0.501 e. The van der Waals surface area contributed by atoms with Crippen molar-refractivity contribution in [2.45, 2.75) is 26.8 Å². The summed E-state index contributed by atoms with van der Waals surface area (Å²) in [6.45, 7) is 4.81. The molecule has 2 heterocycles. The summed E-state index contributed by atoms with van der Waals surface area (Å²) in [6, 6.07) is 0. The van der Waals surface area contributed by atoms with Crippen LogP contribution in [0.5, 0.6) is 0 Å². The molecule has 0 unspecified atom stereocenters. The zero-order valence-electron chi connectivity index (χ0n) is 11.9. The van der Waals surface area contributed by atoms with Gasteiger partial charge in [0.05, 0.1) is 12.9 Å². The number of hydrogen-bond donors (Lipinski definition) is 0. The van der Waals surface area contributed by atoms with Gasteiger partial charge >= 0.3 is 0 Å². The molecule has 20 heavy (non-hydrogen) atoms. The van der Waals surface area contributed by atoms with Crippen LogP contribution >= 0.6 is 0 Å². The van der Waals surface area contributed by atoms with Crippen LogP contribution in [0.4, 0.5) is 0 Å². The molecule has 2 aromatic heterocycles. The minimum absolute atomic E-state index is 0.573. The Morgan fingerprint density at radius 1 is 1.40 bits per heavy atom. The van der Waals surface area contributed by atoms with E-state index in [1.165, 1.54) is 5.35 Å². The number of rotatable bonds is 3. The van der Waals surface area contributed by atoms with Gasteiger partial charge in [-0.25, -0.2) is 0 Å². The van der Waals surface area contributed by atoms with Crippen molar-refractivity contribution in [2.24, 2.45) is 0 Å². The van der Waals surface area contributed by atoms with E-state index in [4.69, 9.17) is 9.26 Å². The van der Waals surface area contributed by atoms with Crippen molar-refractivity contribution in [1.29, 1.82) is 0 Å². The molecule has 0 atom stereocenters. The quantitative estimate of drug-likeness (QED) is 0.846. The van der Waals surface area contributed by atoms with Gasteiger partial charge in [0.15, 0.2) is 0 Å². The second-order valence-electron chi connectivity index (χ2n) is 4.68.